The van der Waals surface area contributed by atoms with Crippen LogP contribution in [0.15, 0.2) is 219 Å². The molecule has 0 saturated carbocycles. The summed E-state index contributed by atoms with van der Waals surface area (Å²) in [5.74, 6) is 0. The second-order valence-corrected chi connectivity index (χ2v) is 14.8. The highest BCUT2D eigenvalue weighted by molar-refractivity contribution is 6.22. The molecular weight excluding hydrogens is 701 g/mol. The van der Waals surface area contributed by atoms with Crippen molar-refractivity contribution in [3.8, 4) is 66.9 Å². The standard InChI is InChI=1S/C56H36N2/c1-5-16-39(17-6-1)51-44-24-13-14-25-45(44)52(40-18-7-2-8-19-40)49-36-43(31-32-46(49)51)37-27-29-38(30-28-37)50-34-33-48-54(42-22-11-4-12-23-42)53(41-20-9-3-10-21-41)47-26-15-35-57-55(47)56(48)58-50/h1-36H. The number of benzene rings is 9. The van der Waals surface area contributed by atoms with Crippen LogP contribution in [-0.2, 0) is 0 Å². The van der Waals surface area contributed by atoms with Crippen LogP contribution in [-0.4, -0.2) is 9.97 Å². The second-order valence-electron chi connectivity index (χ2n) is 14.8. The predicted octanol–water partition coefficient (Wildman–Crippen LogP) is 15.1. The number of rotatable bonds is 6. The van der Waals surface area contributed by atoms with E-state index in [1.54, 1.807) is 0 Å². The van der Waals surface area contributed by atoms with E-state index in [4.69, 9.17) is 9.97 Å². The van der Waals surface area contributed by atoms with Crippen LogP contribution in [0.3, 0.4) is 0 Å². The summed E-state index contributed by atoms with van der Waals surface area (Å²) in [5.41, 5.74) is 15.8. The molecule has 2 heteroatoms. The molecule has 0 spiro atoms. The van der Waals surface area contributed by atoms with Gasteiger partial charge < -0.3 is 0 Å². The Hall–Kier alpha value is -7.68. The van der Waals surface area contributed by atoms with E-state index in [9.17, 15) is 0 Å². The summed E-state index contributed by atoms with van der Waals surface area (Å²) in [6, 6.07) is 76.2. The molecule has 0 amide bonds. The van der Waals surface area contributed by atoms with Crippen LogP contribution in [0, 0.1) is 0 Å². The third-order valence-electron chi connectivity index (χ3n) is 11.5. The van der Waals surface area contributed by atoms with Gasteiger partial charge in [-0.25, -0.2) is 4.98 Å². The summed E-state index contributed by atoms with van der Waals surface area (Å²) in [6.45, 7) is 0. The minimum Gasteiger partial charge on any atom is -0.254 e. The van der Waals surface area contributed by atoms with Gasteiger partial charge in [0, 0.05) is 22.5 Å². The average Bonchev–Trinajstić information content (AvgIpc) is 3.31. The molecule has 58 heavy (non-hydrogen) atoms. The molecular formula is C56H36N2. The Labute approximate surface area is 337 Å². The Balaban J connectivity index is 1.06. The molecule has 11 aromatic rings. The molecule has 0 radical (unpaired) electrons. The lowest BCUT2D eigenvalue weighted by atomic mass is 9.85. The van der Waals surface area contributed by atoms with Gasteiger partial charge in [-0.05, 0) is 101 Å². The molecule has 2 heterocycles. The van der Waals surface area contributed by atoms with Crippen molar-refractivity contribution < 1.29 is 0 Å². The van der Waals surface area contributed by atoms with Gasteiger partial charge in [0.05, 0.1) is 16.7 Å². The Morgan fingerprint density at radius 3 is 1.22 bits per heavy atom. The predicted molar refractivity (Wildman–Crippen MR) is 245 cm³/mol. The maximum atomic E-state index is 5.39. The molecule has 9 aromatic carbocycles. The van der Waals surface area contributed by atoms with E-state index in [-0.39, 0.29) is 0 Å². The summed E-state index contributed by atoms with van der Waals surface area (Å²) in [4.78, 5) is 10.3. The molecule has 270 valence electrons. The number of hydrogen-bond donors (Lipinski definition) is 0. The summed E-state index contributed by atoms with van der Waals surface area (Å²) in [7, 11) is 0. The monoisotopic (exact) mass is 736 g/mol. The summed E-state index contributed by atoms with van der Waals surface area (Å²) >= 11 is 0. The summed E-state index contributed by atoms with van der Waals surface area (Å²) in [5, 5.41) is 7.18. The largest absolute Gasteiger partial charge is 0.254 e. The van der Waals surface area contributed by atoms with Crippen LogP contribution in [0.4, 0.5) is 0 Å². The fraction of sp³-hybridized carbons (Fsp3) is 0. The molecule has 0 unspecified atom stereocenters. The van der Waals surface area contributed by atoms with Crippen molar-refractivity contribution in [3.05, 3.63) is 219 Å². The van der Waals surface area contributed by atoms with E-state index < -0.39 is 0 Å². The topological polar surface area (TPSA) is 25.8 Å². The normalized spacial score (nSPS) is 11.4. The zero-order valence-electron chi connectivity index (χ0n) is 31.7. The van der Waals surface area contributed by atoms with Crippen molar-refractivity contribution in [1.29, 1.82) is 0 Å². The molecule has 0 saturated heterocycles. The van der Waals surface area contributed by atoms with E-state index in [1.165, 1.54) is 60.5 Å². The van der Waals surface area contributed by atoms with Crippen LogP contribution in [0.5, 0.6) is 0 Å². The van der Waals surface area contributed by atoms with Crippen molar-refractivity contribution >= 4 is 43.4 Å². The number of fused-ring (bicyclic) bond motifs is 5. The van der Waals surface area contributed by atoms with E-state index in [1.807, 2.05) is 12.3 Å². The van der Waals surface area contributed by atoms with E-state index in [2.05, 4.69) is 206 Å². The first-order chi connectivity index (χ1) is 28.8. The maximum Gasteiger partial charge on any atom is 0.0978 e. The van der Waals surface area contributed by atoms with Crippen molar-refractivity contribution in [1.82, 2.24) is 9.97 Å². The third-order valence-corrected chi connectivity index (χ3v) is 11.5. The van der Waals surface area contributed by atoms with Crippen LogP contribution in [0.2, 0.25) is 0 Å². The van der Waals surface area contributed by atoms with Crippen LogP contribution >= 0.6 is 0 Å². The van der Waals surface area contributed by atoms with Gasteiger partial charge >= 0.3 is 0 Å². The van der Waals surface area contributed by atoms with Crippen molar-refractivity contribution in [2.75, 3.05) is 0 Å². The first kappa shape index (κ1) is 33.6. The van der Waals surface area contributed by atoms with Gasteiger partial charge in [-0.1, -0.05) is 188 Å². The summed E-state index contributed by atoms with van der Waals surface area (Å²) < 4.78 is 0. The highest BCUT2D eigenvalue weighted by Crippen LogP contribution is 2.46. The molecule has 0 aliphatic carbocycles. The fourth-order valence-corrected chi connectivity index (χ4v) is 8.90. The lowest BCUT2D eigenvalue weighted by Crippen LogP contribution is -1.95. The molecule has 2 nitrogen and oxygen atoms in total. The molecule has 0 aliphatic heterocycles. The Morgan fingerprint density at radius 1 is 0.241 bits per heavy atom. The van der Waals surface area contributed by atoms with E-state index in [0.29, 0.717) is 0 Å². The number of hydrogen-bond acceptors (Lipinski definition) is 2. The lowest BCUT2D eigenvalue weighted by molar-refractivity contribution is 1.37. The number of nitrogens with zero attached hydrogens (tertiary/aromatic N) is 2. The van der Waals surface area contributed by atoms with E-state index >= 15 is 0 Å². The minimum absolute atomic E-state index is 0.903. The number of aromatic nitrogens is 2. The van der Waals surface area contributed by atoms with Crippen molar-refractivity contribution in [3.63, 3.8) is 0 Å². The van der Waals surface area contributed by atoms with Crippen molar-refractivity contribution in [2.24, 2.45) is 0 Å². The molecule has 0 fully saturated rings. The molecule has 2 aromatic heterocycles. The minimum atomic E-state index is 0.903. The van der Waals surface area contributed by atoms with Crippen LogP contribution in [0.25, 0.3) is 110 Å². The zero-order chi connectivity index (χ0) is 38.4. The molecule has 0 N–H and O–H groups in total. The van der Waals surface area contributed by atoms with Gasteiger partial charge in [-0.3, -0.25) is 4.98 Å². The fourth-order valence-electron chi connectivity index (χ4n) is 8.90. The van der Waals surface area contributed by atoms with Crippen molar-refractivity contribution in [2.45, 2.75) is 0 Å². The van der Waals surface area contributed by atoms with Crippen LogP contribution < -0.4 is 0 Å². The van der Waals surface area contributed by atoms with Gasteiger partial charge in [0.1, 0.15) is 0 Å². The van der Waals surface area contributed by atoms with Gasteiger partial charge in [0.25, 0.3) is 0 Å². The van der Waals surface area contributed by atoms with Gasteiger partial charge in [-0.2, -0.15) is 0 Å². The highest BCUT2D eigenvalue weighted by Gasteiger charge is 2.20. The first-order valence-electron chi connectivity index (χ1n) is 19.8. The first-order valence-corrected chi connectivity index (χ1v) is 19.8. The van der Waals surface area contributed by atoms with Crippen LogP contribution in [0.1, 0.15) is 0 Å². The molecule has 0 bridgehead atoms. The number of pyridine rings is 2. The lowest BCUT2D eigenvalue weighted by Gasteiger charge is -2.19. The van der Waals surface area contributed by atoms with Gasteiger partial charge in [0.2, 0.25) is 0 Å². The second kappa shape index (κ2) is 14.1. The zero-order valence-corrected chi connectivity index (χ0v) is 31.7. The average molecular weight is 737 g/mol. The Morgan fingerprint density at radius 2 is 0.655 bits per heavy atom. The molecule has 11 rings (SSSR count). The SMILES string of the molecule is c1ccc(-c2c3ccccc3c(-c3ccccc3)c3cc(-c4ccc(-c5ccc6c(-c7ccccc7)c(-c7ccccc7)c7cccnc7c6n5)cc4)ccc23)cc1. The Kier molecular flexibility index (Phi) is 8.19. The quantitative estimate of drug-likeness (QED) is 0.125. The molecule has 0 atom stereocenters. The smallest absolute Gasteiger partial charge is 0.0978 e. The Bertz CT molecular complexity index is 3290. The highest BCUT2D eigenvalue weighted by atomic mass is 14.8. The van der Waals surface area contributed by atoms with Gasteiger partial charge in [-0.15, -0.1) is 0 Å². The van der Waals surface area contributed by atoms with Gasteiger partial charge in [0.15, 0.2) is 0 Å². The molecule has 0 aliphatic rings. The van der Waals surface area contributed by atoms with E-state index in [0.717, 1.165) is 49.8 Å². The summed E-state index contributed by atoms with van der Waals surface area (Å²) in [6.07, 6.45) is 1.88. The maximum absolute atomic E-state index is 5.39. The third kappa shape index (κ3) is 5.66.